The van der Waals surface area contributed by atoms with Gasteiger partial charge in [0.2, 0.25) is 10.0 Å². The average molecular weight is 436 g/mol. The van der Waals surface area contributed by atoms with E-state index >= 15 is 0 Å². The summed E-state index contributed by atoms with van der Waals surface area (Å²) in [7, 11) is -3.33. The lowest BCUT2D eigenvalue weighted by atomic mass is 9.92. The van der Waals surface area contributed by atoms with Crippen molar-refractivity contribution in [2.24, 2.45) is 0 Å². The number of hydrogen-bond acceptors (Lipinski definition) is 3. The van der Waals surface area contributed by atoms with Gasteiger partial charge in [-0.05, 0) is 60.9 Å². The topological polar surface area (TPSA) is 74.9 Å². The molecule has 2 aromatic carbocycles. The van der Waals surface area contributed by atoms with E-state index in [1.807, 2.05) is 19.1 Å². The molecule has 1 N–H and O–H groups in total. The lowest BCUT2D eigenvalue weighted by molar-refractivity contribution is 0.324. The molecular formula is C25H29N3O2S. The number of nitriles is 1. The molecule has 0 bridgehead atoms. The second-order valence-electron chi connectivity index (χ2n) is 8.72. The van der Waals surface area contributed by atoms with Crippen LogP contribution in [0.4, 0.5) is 5.69 Å². The van der Waals surface area contributed by atoms with E-state index in [1.165, 1.54) is 12.0 Å². The highest BCUT2D eigenvalue weighted by atomic mass is 32.2. The normalized spacial score (nSPS) is 14.5. The minimum atomic E-state index is -3.33. The number of nitrogens with one attached hydrogen (secondary N) is 1. The largest absolute Gasteiger partial charge is 0.336 e. The van der Waals surface area contributed by atoms with Crippen molar-refractivity contribution in [3.63, 3.8) is 0 Å². The quantitative estimate of drug-likeness (QED) is 0.481. The number of fused-ring (bicyclic) bond motifs is 1. The molecule has 0 amide bonds. The molecule has 1 fully saturated rings. The van der Waals surface area contributed by atoms with Crippen molar-refractivity contribution in [3.8, 4) is 17.3 Å². The summed E-state index contributed by atoms with van der Waals surface area (Å²) in [5, 5.41) is 11.0. The predicted molar refractivity (Wildman–Crippen MR) is 127 cm³/mol. The van der Waals surface area contributed by atoms with E-state index < -0.39 is 10.0 Å². The van der Waals surface area contributed by atoms with E-state index in [4.69, 9.17) is 0 Å². The van der Waals surface area contributed by atoms with E-state index in [0.717, 1.165) is 35.0 Å². The zero-order chi connectivity index (χ0) is 22.2. The van der Waals surface area contributed by atoms with Gasteiger partial charge < -0.3 is 4.57 Å². The van der Waals surface area contributed by atoms with Crippen molar-refractivity contribution in [1.82, 2.24) is 4.57 Å². The molecule has 4 rings (SSSR count). The fourth-order valence-corrected chi connectivity index (χ4v) is 5.44. The second kappa shape index (κ2) is 8.39. The summed E-state index contributed by atoms with van der Waals surface area (Å²) < 4.78 is 29.2. The molecular weight excluding hydrogens is 406 g/mol. The minimum Gasteiger partial charge on any atom is -0.336 e. The van der Waals surface area contributed by atoms with Crippen LogP contribution in [-0.4, -0.2) is 18.7 Å². The molecule has 5 nitrogen and oxygen atoms in total. The van der Waals surface area contributed by atoms with Crippen LogP contribution in [0.2, 0.25) is 0 Å². The van der Waals surface area contributed by atoms with Crippen LogP contribution in [0, 0.1) is 11.3 Å². The average Bonchev–Trinajstić information content (AvgIpc) is 3.00. The number of benzene rings is 2. The molecule has 1 heterocycles. The van der Waals surface area contributed by atoms with Crippen molar-refractivity contribution in [2.45, 2.75) is 58.4 Å². The molecule has 0 spiro atoms. The van der Waals surface area contributed by atoms with Crippen LogP contribution >= 0.6 is 0 Å². The van der Waals surface area contributed by atoms with Gasteiger partial charge in [0, 0.05) is 17.1 Å². The van der Waals surface area contributed by atoms with Gasteiger partial charge in [-0.25, -0.2) is 8.42 Å². The standard InChI is InChI=1S/C25H29N3O2S/c1-4-14-31(29,30)27-20-11-8-18(9-12-20)25-23(16-26)22-13-10-19(17(2)3)15-24(22)28(25)21-6-5-7-21/h8-13,15,17,21,27H,4-7,14H2,1-3H3. The first-order chi connectivity index (χ1) is 14.8. The van der Waals surface area contributed by atoms with Gasteiger partial charge in [-0.2, -0.15) is 5.26 Å². The Hall–Kier alpha value is -2.78. The highest BCUT2D eigenvalue weighted by molar-refractivity contribution is 7.92. The van der Waals surface area contributed by atoms with E-state index in [-0.39, 0.29) is 5.75 Å². The Morgan fingerprint density at radius 1 is 1.16 bits per heavy atom. The van der Waals surface area contributed by atoms with E-state index in [9.17, 15) is 13.7 Å². The molecule has 1 aliphatic rings. The van der Waals surface area contributed by atoms with Gasteiger partial charge in [0.05, 0.1) is 22.5 Å². The molecule has 31 heavy (non-hydrogen) atoms. The van der Waals surface area contributed by atoms with Gasteiger partial charge in [0.25, 0.3) is 0 Å². The molecule has 0 saturated heterocycles. The van der Waals surface area contributed by atoms with E-state index in [0.29, 0.717) is 29.6 Å². The molecule has 0 unspecified atom stereocenters. The van der Waals surface area contributed by atoms with Crippen LogP contribution in [0.3, 0.4) is 0 Å². The highest BCUT2D eigenvalue weighted by Crippen LogP contribution is 2.43. The van der Waals surface area contributed by atoms with Crippen LogP contribution in [0.5, 0.6) is 0 Å². The number of sulfonamides is 1. The number of aromatic nitrogens is 1. The third kappa shape index (κ3) is 4.07. The summed E-state index contributed by atoms with van der Waals surface area (Å²) in [6.07, 6.45) is 4.00. The summed E-state index contributed by atoms with van der Waals surface area (Å²) in [5.74, 6) is 0.514. The lowest BCUT2D eigenvalue weighted by Crippen LogP contribution is -2.18. The van der Waals surface area contributed by atoms with Crippen molar-refractivity contribution in [3.05, 3.63) is 53.6 Å². The molecule has 3 aromatic rings. The summed E-state index contributed by atoms with van der Waals surface area (Å²) in [4.78, 5) is 0. The number of rotatable bonds is 7. The first-order valence-electron chi connectivity index (χ1n) is 11.0. The first kappa shape index (κ1) is 21.5. The summed E-state index contributed by atoms with van der Waals surface area (Å²) >= 11 is 0. The van der Waals surface area contributed by atoms with Crippen molar-refractivity contribution >= 4 is 26.6 Å². The Labute approximate surface area is 184 Å². The van der Waals surface area contributed by atoms with Gasteiger partial charge in [-0.15, -0.1) is 0 Å². The predicted octanol–water partition coefficient (Wildman–Crippen LogP) is 6.18. The van der Waals surface area contributed by atoms with Gasteiger partial charge in [-0.1, -0.05) is 45.0 Å². The second-order valence-corrected chi connectivity index (χ2v) is 10.6. The van der Waals surface area contributed by atoms with E-state index in [2.05, 4.69) is 47.4 Å². The van der Waals surface area contributed by atoms with Crippen LogP contribution in [0.15, 0.2) is 42.5 Å². The zero-order valence-corrected chi connectivity index (χ0v) is 19.2. The van der Waals surface area contributed by atoms with Crippen LogP contribution in [-0.2, 0) is 10.0 Å². The molecule has 6 heteroatoms. The number of hydrogen-bond donors (Lipinski definition) is 1. The Balaban J connectivity index is 1.84. The Morgan fingerprint density at radius 3 is 2.42 bits per heavy atom. The van der Waals surface area contributed by atoms with Crippen molar-refractivity contribution in [2.75, 3.05) is 10.5 Å². The first-order valence-corrected chi connectivity index (χ1v) is 12.7. The summed E-state index contributed by atoms with van der Waals surface area (Å²) in [6.45, 7) is 6.21. The number of anilines is 1. The monoisotopic (exact) mass is 435 g/mol. The molecule has 0 aliphatic heterocycles. The molecule has 162 valence electrons. The fourth-order valence-electron chi connectivity index (χ4n) is 4.30. The molecule has 0 atom stereocenters. The smallest absolute Gasteiger partial charge is 0.232 e. The van der Waals surface area contributed by atoms with Crippen LogP contribution < -0.4 is 4.72 Å². The number of nitrogens with zero attached hydrogens (tertiary/aromatic N) is 2. The van der Waals surface area contributed by atoms with E-state index in [1.54, 1.807) is 12.1 Å². The molecule has 1 aromatic heterocycles. The fraction of sp³-hybridized carbons (Fsp3) is 0.400. The maximum atomic E-state index is 12.1. The van der Waals surface area contributed by atoms with Crippen LogP contribution in [0.1, 0.15) is 69.5 Å². The lowest BCUT2D eigenvalue weighted by Gasteiger charge is -2.30. The third-order valence-corrected chi connectivity index (χ3v) is 7.64. The Bertz CT molecular complexity index is 1240. The summed E-state index contributed by atoms with van der Waals surface area (Å²) in [5.41, 5.74) is 5.49. The molecule has 0 radical (unpaired) electrons. The maximum absolute atomic E-state index is 12.1. The summed E-state index contributed by atoms with van der Waals surface area (Å²) in [6, 6.07) is 16.7. The zero-order valence-electron chi connectivity index (χ0n) is 18.4. The Kier molecular flexibility index (Phi) is 5.81. The highest BCUT2D eigenvalue weighted by Gasteiger charge is 2.28. The third-order valence-electron chi connectivity index (χ3n) is 6.15. The maximum Gasteiger partial charge on any atom is 0.232 e. The Morgan fingerprint density at radius 2 is 1.87 bits per heavy atom. The van der Waals surface area contributed by atoms with Crippen molar-refractivity contribution in [1.29, 1.82) is 5.26 Å². The van der Waals surface area contributed by atoms with Gasteiger partial charge >= 0.3 is 0 Å². The van der Waals surface area contributed by atoms with Gasteiger partial charge in [-0.3, -0.25) is 4.72 Å². The SMILES string of the molecule is CCCS(=O)(=O)Nc1ccc(-c2c(C#N)c3ccc(C(C)C)cc3n2C2CCC2)cc1. The molecule has 1 saturated carbocycles. The van der Waals surface area contributed by atoms with Crippen LogP contribution in [0.25, 0.3) is 22.2 Å². The minimum absolute atomic E-state index is 0.0986. The molecule has 1 aliphatic carbocycles. The van der Waals surface area contributed by atoms with Gasteiger partial charge in [0.1, 0.15) is 6.07 Å². The van der Waals surface area contributed by atoms with Gasteiger partial charge in [0.15, 0.2) is 0 Å². The van der Waals surface area contributed by atoms with Crippen molar-refractivity contribution < 1.29 is 8.42 Å².